The molecule has 2 N–H and O–H groups in total. The Bertz CT molecular complexity index is 859. The Morgan fingerprint density at radius 3 is 2.58 bits per heavy atom. The van der Waals surface area contributed by atoms with E-state index in [1.54, 1.807) is 13.3 Å². The summed E-state index contributed by atoms with van der Waals surface area (Å²) >= 11 is 0. The highest BCUT2D eigenvalue weighted by atomic mass is 16.5. The fraction of sp³-hybridized carbons (Fsp3) is 0.316. The quantitative estimate of drug-likeness (QED) is 0.825. The molecule has 2 saturated heterocycles. The van der Waals surface area contributed by atoms with E-state index in [0.29, 0.717) is 25.9 Å². The van der Waals surface area contributed by atoms with Gasteiger partial charge in [-0.3, -0.25) is 10.1 Å². The van der Waals surface area contributed by atoms with Crippen LogP contribution in [0.2, 0.25) is 0 Å². The minimum atomic E-state index is -0.766. The maximum Gasteiger partial charge on any atom is 0.322 e. The molecule has 2 fully saturated rings. The van der Waals surface area contributed by atoms with Crippen molar-refractivity contribution in [2.75, 3.05) is 25.1 Å². The van der Waals surface area contributed by atoms with Crippen LogP contribution in [0.3, 0.4) is 0 Å². The first kappa shape index (κ1) is 16.4. The molecule has 2 aliphatic rings. The highest BCUT2D eigenvalue weighted by molar-refractivity contribution is 6.07. The first-order chi connectivity index (χ1) is 12.6. The van der Waals surface area contributed by atoms with Crippen LogP contribution in [0.5, 0.6) is 5.75 Å². The van der Waals surface area contributed by atoms with Gasteiger partial charge in [-0.25, -0.2) is 9.78 Å². The van der Waals surface area contributed by atoms with Crippen LogP contribution in [0.4, 0.5) is 10.6 Å². The van der Waals surface area contributed by atoms with Crippen LogP contribution in [-0.4, -0.2) is 42.7 Å². The lowest BCUT2D eigenvalue weighted by Gasteiger charge is -2.37. The third-order valence-corrected chi connectivity index (χ3v) is 5.10. The molecular weight excluding hydrogens is 332 g/mol. The summed E-state index contributed by atoms with van der Waals surface area (Å²) in [7, 11) is 1.65. The number of rotatable bonds is 3. The van der Waals surface area contributed by atoms with Crippen LogP contribution in [0.15, 0.2) is 42.6 Å². The molecule has 1 aromatic carbocycles. The average molecular weight is 352 g/mol. The van der Waals surface area contributed by atoms with E-state index in [2.05, 4.69) is 20.5 Å². The lowest BCUT2D eigenvalue weighted by Crippen LogP contribution is -2.55. The van der Waals surface area contributed by atoms with Gasteiger partial charge in [0.1, 0.15) is 17.1 Å². The van der Waals surface area contributed by atoms with Gasteiger partial charge in [-0.2, -0.15) is 0 Å². The number of urea groups is 1. The molecule has 0 saturated carbocycles. The number of ether oxygens (including phenoxy) is 1. The second kappa shape index (κ2) is 6.33. The number of carbonyl (C=O) groups is 2. The Hall–Kier alpha value is -3.09. The molecule has 134 valence electrons. The van der Waals surface area contributed by atoms with Gasteiger partial charge in [0.15, 0.2) is 0 Å². The van der Waals surface area contributed by atoms with E-state index in [-0.39, 0.29) is 5.91 Å². The number of methoxy groups -OCH3 is 1. The molecule has 2 aliphatic heterocycles. The number of carbonyl (C=O) groups excluding carboxylic acids is 2. The maximum atomic E-state index is 12.1. The number of pyridine rings is 1. The van der Waals surface area contributed by atoms with E-state index in [1.807, 2.05) is 36.4 Å². The molecule has 1 aromatic heterocycles. The van der Waals surface area contributed by atoms with Crippen molar-refractivity contribution >= 4 is 17.8 Å². The first-order valence-electron chi connectivity index (χ1n) is 8.59. The Kier molecular flexibility index (Phi) is 3.99. The topological polar surface area (TPSA) is 83.6 Å². The summed E-state index contributed by atoms with van der Waals surface area (Å²) in [4.78, 5) is 30.1. The van der Waals surface area contributed by atoms with Crippen LogP contribution in [0.25, 0.3) is 11.1 Å². The molecule has 0 radical (unpaired) electrons. The van der Waals surface area contributed by atoms with Gasteiger partial charge in [-0.1, -0.05) is 12.1 Å². The number of imide groups is 1. The van der Waals surface area contributed by atoms with Crippen molar-refractivity contribution < 1.29 is 14.3 Å². The van der Waals surface area contributed by atoms with Crippen LogP contribution >= 0.6 is 0 Å². The summed E-state index contributed by atoms with van der Waals surface area (Å²) < 4.78 is 5.30. The van der Waals surface area contributed by atoms with Gasteiger partial charge in [0.05, 0.1) is 7.11 Å². The van der Waals surface area contributed by atoms with Crippen molar-refractivity contribution in [1.29, 1.82) is 0 Å². The lowest BCUT2D eigenvalue weighted by molar-refractivity contribution is -0.124. The number of nitrogens with one attached hydrogen (secondary N) is 2. The van der Waals surface area contributed by atoms with Gasteiger partial charge in [-0.05, 0) is 48.2 Å². The number of nitrogens with zero attached hydrogens (tertiary/aromatic N) is 2. The summed E-state index contributed by atoms with van der Waals surface area (Å²) in [6, 6.07) is 11.5. The zero-order valence-corrected chi connectivity index (χ0v) is 14.5. The Morgan fingerprint density at radius 2 is 1.88 bits per heavy atom. The Labute approximate surface area is 151 Å². The van der Waals surface area contributed by atoms with Crippen LogP contribution in [0.1, 0.15) is 12.8 Å². The van der Waals surface area contributed by atoms with E-state index in [1.165, 1.54) is 0 Å². The van der Waals surface area contributed by atoms with Crippen molar-refractivity contribution in [3.63, 3.8) is 0 Å². The number of hydrogen-bond donors (Lipinski definition) is 2. The van der Waals surface area contributed by atoms with Gasteiger partial charge in [0.25, 0.3) is 5.91 Å². The van der Waals surface area contributed by atoms with Crippen LogP contribution < -0.4 is 20.3 Å². The molecule has 0 atom stereocenters. The number of aromatic nitrogens is 1. The summed E-state index contributed by atoms with van der Waals surface area (Å²) in [5, 5.41) is 5.12. The first-order valence-corrected chi connectivity index (χ1v) is 8.59. The average Bonchev–Trinajstić information content (AvgIpc) is 2.95. The van der Waals surface area contributed by atoms with Gasteiger partial charge < -0.3 is 15.0 Å². The van der Waals surface area contributed by atoms with E-state index in [4.69, 9.17) is 4.74 Å². The van der Waals surface area contributed by atoms with Crippen molar-refractivity contribution in [3.8, 4) is 16.9 Å². The number of hydrogen-bond acceptors (Lipinski definition) is 5. The van der Waals surface area contributed by atoms with E-state index in [9.17, 15) is 9.59 Å². The molecule has 3 amide bonds. The maximum absolute atomic E-state index is 12.1. The molecule has 26 heavy (non-hydrogen) atoms. The summed E-state index contributed by atoms with van der Waals surface area (Å²) in [6.45, 7) is 1.31. The lowest BCUT2D eigenvalue weighted by atomic mass is 9.87. The van der Waals surface area contributed by atoms with Crippen molar-refractivity contribution in [2.45, 2.75) is 18.4 Å². The molecular formula is C19H20N4O3. The molecule has 2 aromatic rings. The number of amides is 3. The molecule has 4 rings (SSSR count). The standard InChI is InChI=1S/C19H20N4O3/c1-26-15-4-2-3-13(11-15)14-5-8-20-16(12-14)23-9-6-19(7-10-23)17(24)21-18(25)22-19/h2-5,8,11-12H,6-7,9-10H2,1H3,(H2,21,22,24,25). The molecule has 3 heterocycles. The number of piperidine rings is 1. The zero-order valence-electron chi connectivity index (χ0n) is 14.5. The Morgan fingerprint density at radius 1 is 1.12 bits per heavy atom. The monoisotopic (exact) mass is 352 g/mol. The predicted octanol–water partition coefficient (Wildman–Crippen LogP) is 1.94. The predicted molar refractivity (Wildman–Crippen MR) is 97.1 cm³/mol. The largest absolute Gasteiger partial charge is 0.497 e. The van der Waals surface area contributed by atoms with E-state index < -0.39 is 11.6 Å². The van der Waals surface area contributed by atoms with E-state index in [0.717, 1.165) is 22.7 Å². The minimum absolute atomic E-state index is 0.222. The second-order valence-corrected chi connectivity index (χ2v) is 6.61. The molecule has 1 spiro atoms. The molecule has 0 bridgehead atoms. The smallest absolute Gasteiger partial charge is 0.322 e. The molecule has 0 unspecified atom stereocenters. The van der Waals surface area contributed by atoms with Crippen LogP contribution in [-0.2, 0) is 4.79 Å². The van der Waals surface area contributed by atoms with Crippen molar-refractivity contribution in [1.82, 2.24) is 15.6 Å². The van der Waals surface area contributed by atoms with Crippen LogP contribution in [0, 0.1) is 0 Å². The van der Waals surface area contributed by atoms with E-state index >= 15 is 0 Å². The third kappa shape index (κ3) is 2.85. The van der Waals surface area contributed by atoms with Gasteiger partial charge in [0.2, 0.25) is 0 Å². The van der Waals surface area contributed by atoms with Crippen molar-refractivity contribution in [2.24, 2.45) is 0 Å². The van der Waals surface area contributed by atoms with Gasteiger partial charge in [0, 0.05) is 19.3 Å². The molecule has 7 nitrogen and oxygen atoms in total. The fourth-order valence-electron chi connectivity index (χ4n) is 3.57. The number of anilines is 1. The van der Waals surface area contributed by atoms with Gasteiger partial charge >= 0.3 is 6.03 Å². The highest BCUT2D eigenvalue weighted by Gasteiger charge is 2.47. The van der Waals surface area contributed by atoms with Crippen molar-refractivity contribution in [3.05, 3.63) is 42.6 Å². The Balaban J connectivity index is 1.53. The summed E-state index contributed by atoms with van der Waals surface area (Å²) in [6.07, 6.45) is 2.92. The minimum Gasteiger partial charge on any atom is -0.497 e. The fourth-order valence-corrected chi connectivity index (χ4v) is 3.57. The summed E-state index contributed by atoms with van der Waals surface area (Å²) in [5.74, 6) is 1.45. The third-order valence-electron chi connectivity index (χ3n) is 5.10. The normalized spacial score (nSPS) is 18.6. The summed E-state index contributed by atoms with van der Waals surface area (Å²) in [5.41, 5.74) is 1.35. The SMILES string of the molecule is COc1cccc(-c2ccnc(N3CCC4(CC3)NC(=O)NC4=O)c2)c1. The highest BCUT2D eigenvalue weighted by Crippen LogP contribution is 2.30. The molecule has 0 aliphatic carbocycles. The molecule has 7 heteroatoms. The second-order valence-electron chi connectivity index (χ2n) is 6.61. The number of benzene rings is 1. The zero-order chi connectivity index (χ0) is 18.1. The van der Waals surface area contributed by atoms with Gasteiger partial charge in [-0.15, -0.1) is 0 Å².